The van der Waals surface area contributed by atoms with E-state index in [1.54, 1.807) is 20.3 Å². The van der Waals surface area contributed by atoms with Crippen molar-refractivity contribution in [1.82, 2.24) is 0 Å². The number of ether oxygens (including phenoxy) is 2. The lowest BCUT2D eigenvalue weighted by Gasteiger charge is -2.18. The summed E-state index contributed by atoms with van der Waals surface area (Å²) in [5.74, 6) is 1.41. The molecule has 1 atom stereocenters. The van der Waals surface area contributed by atoms with Crippen molar-refractivity contribution in [1.29, 1.82) is 0 Å². The molecule has 0 N–H and O–H groups in total. The fraction of sp³-hybridized carbons (Fsp3) is 0.200. The third-order valence-corrected chi connectivity index (χ3v) is 5.18. The number of alkyl halides is 1. The van der Waals surface area contributed by atoms with E-state index in [2.05, 4.69) is 31.9 Å². The Balaban J connectivity index is 2.52. The van der Waals surface area contributed by atoms with Crippen LogP contribution < -0.4 is 9.47 Å². The van der Waals surface area contributed by atoms with Crippen molar-refractivity contribution >= 4 is 55.1 Å². The van der Waals surface area contributed by atoms with Gasteiger partial charge < -0.3 is 9.47 Å². The van der Waals surface area contributed by atoms with Crippen molar-refractivity contribution in [2.45, 2.75) is 4.83 Å². The number of hydrogen-bond donors (Lipinski definition) is 0. The van der Waals surface area contributed by atoms with Crippen LogP contribution in [0.1, 0.15) is 16.0 Å². The van der Waals surface area contributed by atoms with Crippen LogP contribution in [0.5, 0.6) is 11.5 Å². The van der Waals surface area contributed by atoms with Gasteiger partial charge in [0.25, 0.3) is 0 Å². The van der Waals surface area contributed by atoms with Crippen LogP contribution in [0, 0.1) is 0 Å². The lowest BCUT2D eigenvalue weighted by Crippen LogP contribution is -1.99. The van der Waals surface area contributed by atoms with Crippen LogP contribution in [0.15, 0.2) is 34.8 Å². The molecule has 0 bridgehead atoms. The molecule has 2 nitrogen and oxygen atoms in total. The molecule has 2 rings (SSSR count). The minimum atomic E-state index is -0.106. The topological polar surface area (TPSA) is 18.5 Å². The van der Waals surface area contributed by atoms with Crippen LogP contribution in [0.4, 0.5) is 0 Å². The van der Waals surface area contributed by atoms with Crippen molar-refractivity contribution in [2.75, 3.05) is 14.2 Å². The molecule has 112 valence electrons. The van der Waals surface area contributed by atoms with Gasteiger partial charge in [0, 0.05) is 15.6 Å². The molecule has 0 saturated heterocycles. The Morgan fingerprint density at radius 2 is 1.62 bits per heavy atom. The third kappa shape index (κ3) is 3.67. The minimum Gasteiger partial charge on any atom is -0.495 e. The van der Waals surface area contributed by atoms with E-state index in [0.29, 0.717) is 21.5 Å². The van der Waals surface area contributed by atoms with Crippen molar-refractivity contribution in [3.8, 4) is 11.5 Å². The lowest BCUT2D eigenvalue weighted by atomic mass is 10.0. The highest BCUT2D eigenvalue weighted by Gasteiger charge is 2.20. The smallest absolute Gasteiger partial charge is 0.141 e. The first kappa shape index (κ1) is 16.9. The molecule has 1 unspecified atom stereocenters. The Bertz CT molecular complexity index is 642. The van der Waals surface area contributed by atoms with E-state index in [1.165, 1.54) is 0 Å². The summed E-state index contributed by atoms with van der Waals surface area (Å²) in [6.45, 7) is 0. The summed E-state index contributed by atoms with van der Waals surface area (Å²) in [7, 11) is 3.23. The molecule has 0 heterocycles. The van der Waals surface area contributed by atoms with E-state index < -0.39 is 0 Å². The summed E-state index contributed by atoms with van der Waals surface area (Å²) < 4.78 is 11.5. The summed E-state index contributed by atoms with van der Waals surface area (Å²) in [6, 6.07) is 9.25. The second-order valence-corrected chi connectivity index (χ2v) is 6.85. The predicted molar refractivity (Wildman–Crippen MR) is 94.5 cm³/mol. The predicted octanol–water partition coefficient (Wildman–Crippen LogP) is 6.26. The Labute approximate surface area is 150 Å². The summed E-state index contributed by atoms with van der Waals surface area (Å²) in [4.78, 5) is -0.106. The van der Waals surface area contributed by atoms with Gasteiger partial charge in [-0.15, -0.1) is 0 Å². The van der Waals surface area contributed by atoms with E-state index in [4.69, 9.17) is 32.7 Å². The molecule has 0 aromatic heterocycles. The van der Waals surface area contributed by atoms with Gasteiger partial charge in [0.1, 0.15) is 16.0 Å². The summed E-state index contributed by atoms with van der Waals surface area (Å²) in [5.41, 5.74) is 1.89. The first-order chi connectivity index (χ1) is 9.97. The highest BCUT2D eigenvalue weighted by atomic mass is 79.9. The van der Waals surface area contributed by atoms with Gasteiger partial charge in [0.05, 0.1) is 19.0 Å². The van der Waals surface area contributed by atoms with E-state index in [0.717, 1.165) is 15.6 Å². The summed E-state index contributed by atoms with van der Waals surface area (Å²) >= 11 is 19.3. The number of hydrogen-bond acceptors (Lipinski definition) is 2. The monoisotopic (exact) mass is 452 g/mol. The van der Waals surface area contributed by atoms with Crippen LogP contribution in [-0.4, -0.2) is 14.2 Å². The summed E-state index contributed by atoms with van der Waals surface area (Å²) in [5, 5.41) is 1.18. The molecule has 0 aliphatic carbocycles. The van der Waals surface area contributed by atoms with Gasteiger partial charge in [0.15, 0.2) is 0 Å². The van der Waals surface area contributed by atoms with Gasteiger partial charge in [-0.05, 0) is 45.8 Å². The highest BCUT2D eigenvalue weighted by Crippen LogP contribution is 2.44. The van der Waals surface area contributed by atoms with Crippen LogP contribution in [0.2, 0.25) is 10.0 Å². The van der Waals surface area contributed by atoms with Gasteiger partial charge >= 0.3 is 0 Å². The largest absolute Gasteiger partial charge is 0.495 e. The van der Waals surface area contributed by atoms with E-state index in [1.807, 2.05) is 24.3 Å². The average Bonchev–Trinajstić information content (AvgIpc) is 2.45. The maximum Gasteiger partial charge on any atom is 0.141 e. The number of halogens is 4. The second-order valence-electron chi connectivity index (χ2n) is 4.27. The zero-order chi connectivity index (χ0) is 15.6. The summed E-state index contributed by atoms with van der Waals surface area (Å²) in [6.07, 6.45) is 0. The Morgan fingerprint density at radius 3 is 2.14 bits per heavy atom. The average molecular weight is 455 g/mol. The molecule has 2 aromatic rings. The molecular formula is C15H12Br2Cl2O2. The number of rotatable bonds is 4. The van der Waals surface area contributed by atoms with Crippen LogP contribution in [0.25, 0.3) is 0 Å². The number of methoxy groups -OCH3 is 2. The fourth-order valence-corrected chi connectivity index (χ4v) is 3.87. The van der Waals surface area contributed by atoms with Gasteiger partial charge in [-0.1, -0.05) is 45.2 Å². The zero-order valence-electron chi connectivity index (χ0n) is 11.3. The first-order valence-corrected chi connectivity index (χ1v) is 8.44. The van der Waals surface area contributed by atoms with Gasteiger partial charge in [-0.3, -0.25) is 0 Å². The van der Waals surface area contributed by atoms with Gasteiger partial charge in [0.2, 0.25) is 0 Å². The molecule has 0 radical (unpaired) electrons. The van der Waals surface area contributed by atoms with Gasteiger partial charge in [-0.2, -0.15) is 0 Å². The fourth-order valence-electron chi connectivity index (χ4n) is 2.02. The normalized spacial score (nSPS) is 12.1. The Hall–Kier alpha value is -0.420. The van der Waals surface area contributed by atoms with Crippen LogP contribution >= 0.6 is 55.1 Å². The second kappa shape index (κ2) is 7.23. The number of benzene rings is 2. The van der Waals surface area contributed by atoms with Crippen LogP contribution in [0.3, 0.4) is 0 Å². The maximum absolute atomic E-state index is 6.07. The Morgan fingerprint density at radius 1 is 1.00 bits per heavy atom. The first-order valence-electron chi connectivity index (χ1n) is 5.98. The van der Waals surface area contributed by atoms with E-state index in [9.17, 15) is 0 Å². The highest BCUT2D eigenvalue weighted by molar-refractivity contribution is 9.10. The molecular weight excluding hydrogens is 443 g/mol. The Kier molecular flexibility index (Phi) is 5.83. The molecule has 0 aliphatic heterocycles. The lowest BCUT2D eigenvalue weighted by molar-refractivity contribution is 0.386. The van der Waals surface area contributed by atoms with Gasteiger partial charge in [-0.25, -0.2) is 0 Å². The van der Waals surface area contributed by atoms with Crippen molar-refractivity contribution < 1.29 is 9.47 Å². The van der Waals surface area contributed by atoms with Crippen molar-refractivity contribution in [3.63, 3.8) is 0 Å². The molecule has 0 saturated carbocycles. The molecule has 21 heavy (non-hydrogen) atoms. The molecule has 0 aliphatic rings. The molecule has 0 spiro atoms. The SMILES string of the molecule is COc1ccc(C(Br)c2cc(Cl)cc(Cl)c2)c(OC)c1Br. The van der Waals surface area contributed by atoms with E-state index in [-0.39, 0.29) is 4.83 Å². The maximum atomic E-state index is 6.07. The zero-order valence-corrected chi connectivity index (χ0v) is 16.0. The third-order valence-electron chi connectivity index (χ3n) is 2.97. The van der Waals surface area contributed by atoms with Crippen LogP contribution in [-0.2, 0) is 0 Å². The molecule has 6 heteroatoms. The molecule has 0 amide bonds. The molecule has 2 aromatic carbocycles. The van der Waals surface area contributed by atoms with E-state index >= 15 is 0 Å². The van der Waals surface area contributed by atoms with Crippen molar-refractivity contribution in [3.05, 3.63) is 56.0 Å². The quantitative estimate of drug-likeness (QED) is 0.508. The standard InChI is InChI=1S/C15H12Br2Cl2O2/c1-20-12-4-3-11(15(21-2)14(12)17)13(16)8-5-9(18)7-10(19)6-8/h3-7,13H,1-2H3. The van der Waals surface area contributed by atoms with Crippen molar-refractivity contribution in [2.24, 2.45) is 0 Å². The minimum absolute atomic E-state index is 0.106. The molecule has 0 fully saturated rings.